The van der Waals surface area contributed by atoms with Gasteiger partial charge in [-0.1, -0.05) is 51.4 Å². The number of carbonyl (C=O) groups is 2. The van der Waals surface area contributed by atoms with E-state index in [9.17, 15) is 14.9 Å². The Morgan fingerprint density at radius 1 is 0.956 bits per heavy atom. The minimum atomic E-state index is -0.515. The van der Waals surface area contributed by atoms with Gasteiger partial charge in [-0.2, -0.15) is 5.26 Å². The van der Waals surface area contributed by atoms with Crippen LogP contribution in [-0.4, -0.2) is 107 Å². The molecular formula is C50H59ClN10O6S. The van der Waals surface area contributed by atoms with E-state index in [1.807, 2.05) is 42.7 Å². The molecular weight excluding hydrogens is 904 g/mol. The number of aromatic nitrogens is 5. The molecule has 2 fully saturated rings. The zero-order chi connectivity index (χ0) is 48.3. The van der Waals surface area contributed by atoms with Crippen molar-refractivity contribution in [3.63, 3.8) is 0 Å². The van der Waals surface area contributed by atoms with Crippen molar-refractivity contribution in [3.8, 4) is 22.6 Å². The Morgan fingerprint density at radius 2 is 1.69 bits per heavy atom. The number of hydrogen-bond acceptors (Lipinski definition) is 14. The zero-order valence-corrected chi connectivity index (χ0v) is 41.5. The van der Waals surface area contributed by atoms with Crippen LogP contribution in [0.5, 0.6) is 11.5 Å². The lowest BCUT2D eigenvalue weighted by atomic mass is 9.49. The first-order valence-electron chi connectivity index (χ1n) is 23.1. The van der Waals surface area contributed by atoms with Gasteiger partial charge in [-0.05, 0) is 70.4 Å². The normalized spacial score (nSPS) is 19.4. The average molecular weight is 964 g/mol. The third kappa shape index (κ3) is 9.96. The van der Waals surface area contributed by atoms with Crippen LogP contribution in [0.25, 0.3) is 5.00 Å². The standard InChI is InChI=1S/C50H59ClN10O6S/c1-9-53-40(62)25-39-43-59-58-31(4)61(43)45-41(29(2)30(3)68-45)42(56-39)32-11-10-12-36(23-32)66-22-20-64-19-21-65-35-15-17-60(18-16-35)48-54-27-34(28-55-48)44(63)57-46-49(5,6)47(50(46,7)8)67-37-14-13-33(26-52)38(51)24-37/h10-14,23-24,27-28,35,39,46-47H,9,15-22,25H2,1-8H3,(H,53,62)(H,57,63)/t39-,46?,47?/m0/s1. The molecule has 358 valence electrons. The molecule has 3 aliphatic rings. The Bertz CT molecular complexity index is 2700. The maximum Gasteiger partial charge on any atom is 0.254 e. The third-order valence-corrected chi connectivity index (χ3v) is 14.7. The van der Waals surface area contributed by atoms with E-state index >= 15 is 0 Å². The van der Waals surface area contributed by atoms with Gasteiger partial charge in [0.05, 0.1) is 54.2 Å². The Labute approximate surface area is 406 Å². The van der Waals surface area contributed by atoms with Crippen LogP contribution in [0.15, 0.2) is 59.9 Å². The van der Waals surface area contributed by atoms with E-state index in [-0.39, 0.29) is 36.5 Å². The van der Waals surface area contributed by atoms with Crippen LogP contribution in [-0.2, 0) is 14.3 Å². The minimum absolute atomic E-state index is 0.0908. The molecule has 2 N–H and O–H groups in total. The van der Waals surface area contributed by atoms with Gasteiger partial charge < -0.3 is 34.5 Å². The highest BCUT2D eigenvalue weighted by molar-refractivity contribution is 7.15. The van der Waals surface area contributed by atoms with Gasteiger partial charge in [-0.15, -0.1) is 21.5 Å². The van der Waals surface area contributed by atoms with Crippen molar-refractivity contribution in [2.24, 2.45) is 15.8 Å². The van der Waals surface area contributed by atoms with Crippen molar-refractivity contribution in [1.82, 2.24) is 35.4 Å². The fourth-order valence-corrected chi connectivity index (χ4v) is 11.4. The smallest absolute Gasteiger partial charge is 0.254 e. The monoisotopic (exact) mass is 962 g/mol. The second-order valence-electron chi connectivity index (χ2n) is 18.7. The molecule has 16 nitrogen and oxygen atoms in total. The molecule has 0 spiro atoms. The predicted molar refractivity (Wildman–Crippen MR) is 261 cm³/mol. The summed E-state index contributed by atoms with van der Waals surface area (Å²) in [5.74, 6) is 2.93. The van der Waals surface area contributed by atoms with E-state index in [0.717, 1.165) is 59.2 Å². The number of halogens is 1. The van der Waals surface area contributed by atoms with Crippen molar-refractivity contribution < 1.29 is 28.5 Å². The fourth-order valence-electron chi connectivity index (χ4n) is 9.93. The van der Waals surface area contributed by atoms with E-state index in [4.69, 9.17) is 35.5 Å². The summed E-state index contributed by atoms with van der Waals surface area (Å²) in [7, 11) is 0. The molecule has 2 aromatic carbocycles. The quantitative estimate of drug-likeness (QED) is 0.0866. The molecule has 8 rings (SSSR count). The molecule has 3 aromatic heterocycles. The number of nitrogens with zero attached hydrogens (tertiary/aromatic N) is 8. The minimum Gasteiger partial charge on any atom is -0.491 e. The number of nitriles is 1. The van der Waals surface area contributed by atoms with Crippen LogP contribution in [0, 0.1) is 42.9 Å². The number of thiophene rings is 1. The fraction of sp³-hybridized carbons (Fsp3) is 0.480. The molecule has 2 amide bonds. The molecule has 1 saturated carbocycles. The summed E-state index contributed by atoms with van der Waals surface area (Å²) in [4.78, 5) is 43.9. The molecule has 1 saturated heterocycles. The first-order valence-corrected chi connectivity index (χ1v) is 24.3. The van der Waals surface area contributed by atoms with Crippen molar-refractivity contribution >= 4 is 46.4 Å². The van der Waals surface area contributed by atoms with E-state index in [2.05, 4.69) is 83.3 Å². The first-order chi connectivity index (χ1) is 32.6. The summed E-state index contributed by atoms with van der Waals surface area (Å²) in [6.07, 6.45) is 4.84. The number of benzene rings is 2. The van der Waals surface area contributed by atoms with Crippen molar-refractivity contribution in [2.75, 3.05) is 51.0 Å². The van der Waals surface area contributed by atoms with Crippen molar-refractivity contribution in [3.05, 3.63) is 104 Å². The maximum absolute atomic E-state index is 13.4. The summed E-state index contributed by atoms with van der Waals surface area (Å²) >= 11 is 7.93. The highest BCUT2D eigenvalue weighted by Crippen LogP contribution is 2.55. The SMILES string of the molecule is CCNC(=O)C[C@@H]1N=C(c2cccc(OCCOCCOC3CCN(c4ncc(C(=O)NC5C(C)(C)C(Oc6ccc(C#N)c(Cl)c6)C5(C)C)cn4)CC3)c2)c2c(sc(C)c2C)-n2c(C)nnc21. The van der Waals surface area contributed by atoms with E-state index in [1.165, 1.54) is 4.88 Å². The van der Waals surface area contributed by atoms with Crippen molar-refractivity contribution in [1.29, 1.82) is 5.26 Å². The van der Waals surface area contributed by atoms with E-state index in [1.54, 1.807) is 41.9 Å². The number of ether oxygens (including phenoxy) is 4. The van der Waals surface area contributed by atoms with Gasteiger partial charge in [0.2, 0.25) is 11.9 Å². The largest absolute Gasteiger partial charge is 0.491 e. The Hall–Kier alpha value is -5.93. The molecule has 0 radical (unpaired) electrons. The summed E-state index contributed by atoms with van der Waals surface area (Å²) in [5.41, 5.74) is 3.82. The third-order valence-electron chi connectivity index (χ3n) is 13.2. The molecule has 5 heterocycles. The lowest BCUT2D eigenvalue weighted by Gasteiger charge is -2.63. The summed E-state index contributed by atoms with van der Waals surface area (Å²) < 4.78 is 26.6. The van der Waals surface area contributed by atoms with Crippen LogP contribution in [0.3, 0.4) is 0 Å². The molecule has 68 heavy (non-hydrogen) atoms. The number of nitrogens with one attached hydrogen (secondary N) is 2. The molecule has 2 aliphatic heterocycles. The number of rotatable bonds is 17. The number of piperidine rings is 1. The van der Waals surface area contributed by atoms with E-state index in [0.29, 0.717) is 72.4 Å². The summed E-state index contributed by atoms with van der Waals surface area (Å²) in [6, 6.07) is 14.3. The van der Waals surface area contributed by atoms with Gasteiger partial charge in [0, 0.05) is 71.0 Å². The van der Waals surface area contributed by atoms with Crippen LogP contribution in [0.4, 0.5) is 5.95 Å². The molecule has 18 heteroatoms. The molecule has 0 bridgehead atoms. The van der Waals surface area contributed by atoms with E-state index < -0.39 is 16.9 Å². The topological polar surface area (TPSA) is 191 Å². The number of fused-ring (bicyclic) bond motifs is 3. The van der Waals surface area contributed by atoms with Gasteiger partial charge in [0.1, 0.15) is 47.1 Å². The zero-order valence-electron chi connectivity index (χ0n) is 39.9. The molecule has 0 unspecified atom stereocenters. The van der Waals surface area contributed by atoms with Gasteiger partial charge in [0.25, 0.3) is 5.91 Å². The average Bonchev–Trinajstić information content (AvgIpc) is 3.80. The number of hydrogen-bond donors (Lipinski definition) is 2. The predicted octanol–water partition coefficient (Wildman–Crippen LogP) is 7.68. The number of aryl methyl sites for hydroxylation is 2. The van der Waals surface area contributed by atoms with Gasteiger partial charge in [0.15, 0.2) is 5.82 Å². The van der Waals surface area contributed by atoms with Crippen molar-refractivity contribution in [2.45, 2.75) is 98.9 Å². The maximum atomic E-state index is 13.4. The highest BCUT2D eigenvalue weighted by Gasteiger charge is 2.64. The lowest BCUT2D eigenvalue weighted by molar-refractivity contribution is -0.164. The van der Waals surface area contributed by atoms with Crippen LogP contribution >= 0.6 is 22.9 Å². The Morgan fingerprint density at radius 3 is 2.40 bits per heavy atom. The molecule has 1 aliphatic carbocycles. The highest BCUT2D eigenvalue weighted by atomic mass is 35.5. The van der Waals surface area contributed by atoms with Crippen LogP contribution in [0.2, 0.25) is 5.02 Å². The van der Waals surface area contributed by atoms with Crippen LogP contribution in [0.1, 0.15) is 109 Å². The summed E-state index contributed by atoms with van der Waals surface area (Å²) in [5, 5.41) is 25.6. The van der Waals surface area contributed by atoms with Gasteiger partial charge in [-0.3, -0.25) is 19.1 Å². The second-order valence-corrected chi connectivity index (χ2v) is 20.3. The Balaban J connectivity index is 0.768. The number of carbonyl (C=O) groups excluding carboxylic acids is 2. The molecule has 1 atom stereocenters. The van der Waals surface area contributed by atoms with Crippen LogP contribution < -0.4 is 25.0 Å². The second kappa shape index (κ2) is 20.3. The first kappa shape index (κ1) is 48.5. The molecule has 5 aromatic rings. The summed E-state index contributed by atoms with van der Waals surface area (Å²) in [6.45, 7) is 20.0. The lowest BCUT2D eigenvalue weighted by Crippen LogP contribution is -2.74. The number of amides is 2. The number of anilines is 1. The van der Waals surface area contributed by atoms with Gasteiger partial charge in [-0.25, -0.2) is 9.97 Å². The number of aliphatic imine (C=N–C) groups is 1. The Kier molecular flexibility index (Phi) is 14.5. The van der Waals surface area contributed by atoms with Gasteiger partial charge >= 0.3 is 0 Å².